The molecule has 0 aromatic rings. The minimum Gasteiger partial charge on any atom is -0.301 e. The van der Waals surface area contributed by atoms with Crippen LogP contribution in [0, 0.1) is 16.7 Å². The topological polar surface area (TPSA) is 35.8 Å². The lowest BCUT2D eigenvalue weighted by Crippen LogP contribution is -2.37. The quantitative estimate of drug-likeness (QED) is 0.730. The standard InChI is InChI=1S/C12H22N2/c1-3-11(9-13)14-10-12(4-2)7-5-6-8-12/h11,14H,3-8,10H2,1-2H3. The van der Waals surface area contributed by atoms with Crippen molar-refractivity contribution >= 4 is 0 Å². The van der Waals surface area contributed by atoms with Crippen LogP contribution in [0.25, 0.3) is 0 Å². The van der Waals surface area contributed by atoms with Crippen LogP contribution in [0.5, 0.6) is 0 Å². The van der Waals surface area contributed by atoms with E-state index in [0.717, 1.165) is 13.0 Å². The highest BCUT2D eigenvalue weighted by Crippen LogP contribution is 2.40. The second-order valence-corrected chi connectivity index (χ2v) is 4.53. The fourth-order valence-corrected chi connectivity index (χ4v) is 2.40. The Morgan fingerprint density at radius 1 is 1.36 bits per heavy atom. The SMILES string of the molecule is CCC(C#N)NCC1(CC)CCCC1. The molecule has 1 saturated carbocycles. The highest BCUT2D eigenvalue weighted by molar-refractivity contribution is 4.92. The molecule has 0 saturated heterocycles. The van der Waals surface area contributed by atoms with Crippen LogP contribution in [0.15, 0.2) is 0 Å². The molecule has 0 aromatic heterocycles. The van der Waals surface area contributed by atoms with Gasteiger partial charge in [-0.3, -0.25) is 0 Å². The Morgan fingerprint density at radius 2 is 2.00 bits per heavy atom. The second kappa shape index (κ2) is 5.36. The summed E-state index contributed by atoms with van der Waals surface area (Å²) in [5, 5.41) is 12.2. The van der Waals surface area contributed by atoms with E-state index < -0.39 is 0 Å². The maximum Gasteiger partial charge on any atom is 0.0950 e. The molecular formula is C12H22N2. The van der Waals surface area contributed by atoms with E-state index in [9.17, 15) is 0 Å². The summed E-state index contributed by atoms with van der Waals surface area (Å²) in [4.78, 5) is 0. The highest BCUT2D eigenvalue weighted by Gasteiger charge is 2.31. The fourth-order valence-electron chi connectivity index (χ4n) is 2.40. The minimum atomic E-state index is 0.0547. The smallest absolute Gasteiger partial charge is 0.0950 e. The summed E-state index contributed by atoms with van der Waals surface area (Å²) in [5.41, 5.74) is 0.504. The van der Waals surface area contributed by atoms with Crippen LogP contribution >= 0.6 is 0 Å². The van der Waals surface area contributed by atoms with Crippen molar-refractivity contribution < 1.29 is 0 Å². The third kappa shape index (κ3) is 2.72. The predicted octanol–water partition coefficient (Wildman–Crippen LogP) is 2.85. The van der Waals surface area contributed by atoms with Gasteiger partial charge in [0.2, 0.25) is 0 Å². The molecule has 0 heterocycles. The van der Waals surface area contributed by atoms with Crippen molar-refractivity contribution in [1.82, 2.24) is 5.32 Å². The third-order valence-electron chi connectivity index (χ3n) is 3.70. The molecule has 1 atom stereocenters. The van der Waals surface area contributed by atoms with Crippen LogP contribution in [0.4, 0.5) is 0 Å². The zero-order valence-corrected chi connectivity index (χ0v) is 9.47. The number of rotatable bonds is 5. The van der Waals surface area contributed by atoms with Gasteiger partial charge in [-0.1, -0.05) is 26.7 Å². The molecular weight excluding hydrogens is 172 g/mol. The molecule has 1 fully saturated rings. The van der Waals surface area contributed by atoms with E-state index in [-0.39, 0.29) is 6.04 Å². The molecule has 0 radical (unpaired) electrons. The van der Waals surface area contributed by atoms with Crippen molar-refractivity contribution in [2.24, 2.45) is 5.41 Å². The first-order valence-electron chi connectivity index (χ1n) is 5.89. The van der Waals surface area contributed by atoms with E-state index in [4.69, 9.17) is 5.26 Å². The van der Waals surface area contributed by atoms with E-state index >= 15 is 0 Å². The van der Waals surface area contributed by atoms with Crippen molar-refractivity contribution in [3.05, 3.63) is 0 Å². The summed E-state index contributed by atoms with van der Waals surface area (Å²) in [7, 11) is 0. The average Bonchev–Trinajstić information content (AvgIpc) is 2.69. The predicted molar refractivity (Wildman–Crippen MR) is 58.9 cm³/mol. The summed E-state index contributed by atoms with van der Waals surface area (Å²) < 4.78 is 0. The lowest BCUT2D eigenvalue weighted by Gasteiger charge is -2.28. The molecule has 1 aliphatic rings. The Labute approximate surface area is 87.7 Å². The summed E-state index contributed by atoms with van der Waals surface area (Å²) in [6, 6.07) is 2.36. The molecule has 0 spiro atoms. The van der Waals surface area contributed by atoms with Crippen molar-refractivity contribution in [3.63, 3.8) is 0 Å². The van der Waals surface area contributed by atoms with Gasteiger partial charge in [-0.2, -0.15) is 5.26 Å². The Kier molecular flexibility index (Phi) is 4.41. The normalized spacial score (nSPS) is 21.8. The van der Waals surface area contributed by atoms with Gasteiger partial charge in [0.05, 0.1) is 12.1 Å². The van der Waals surface area contributed by atoms with Gasteiger partial charge < -0.3 is 5.32 Å². The zero-order chi connectivity index (χ0) is 10.4. The van der Waals surface area contributed by atoms with E-state index in [1.807, 2.05) is 0 Å². The van der Waals surface area contributed by atoms with Crippen molar-refractivity contribution in [2.45, 2.75) is 58.4 Å². The number of nitriles is 1. The Balaban J connectivity index is 2.38. The monoisotopic (exact) mass is 194 g/mol. The lowest BCUT2D eigenvalue weighted by atomic mass is 9.83. The molecule has 0 aliphatic heterocycles. The zero-order valence-electron chi connectivity index (χ0n) is 9.47. The van der Waals surface area contributed by atoms with Gasteiger partial charge in [-0.05, 0) is 31.1 Å². The van der Waals surface area contributed by atoms with Crippen molar-refractivity contribution in [2.75, 3.05) is 6.54 Å². The molecule has 80 valence electrons. The highest BCUT2D eigenvalue weighted by atomic mass is 14.9. The van der Waals surface area contributed by atoms with E-state index in [0.29, 0.717) is 5.41 Å². The molecule has 1 rings (SSSR count). The van der Waals surface area contributed by atoms with Crippen molar-refractivity contribution in [3.8, 4) is 6.07 Å². The molecule has 1 unspecified atom stereocenters. The van der Waals surface area contributed by atoms with E-state index in [1.54, 1.807) is 0 Å². The van der Waals surface area contributed by atoms with Crippen LogP contribution in [0.2, 0.25) is 0 Å². The maximum atomic E-state index is 8.84. The molecule has 1 aliphatic carbocycles. The van der Waals surface area contributed by atoms with Gasteiger partial charge in [0.25, 0.3) is 0 Å². The summed E-state index contributed by atoms with van der Waals surface area (Å²) >= 11 is 0. The largest absolute Gasteiger partial charge is 0.301 e. The van der Waals surface area contributed by atoms with E-state index in [2.05, 4.69) is 25.2 Å². The van der Waals surface area contributed by atoms with Crippen LogP contribution < -0.4 is 5.32 Å². The maximum absolute atomic E-state index is 8.84. The first-order valence-corrected chi connectivity index (χ1v) is 5.89. The molecule has 0 amide bonds. The molecule has 2 nitrogen and oxygen atoms in total. The average molecular weight is 194 g/mol. The fraction of sp³-hybridized carbons (Fsp3) is 0.917. The lowest BCUT2D eigenvalue weighted by molar-refractivity contribution is 0.262. The van der Waals surface area contributed by atoms with Crippen LogP contribution in [0.1, 0.15) is 52.4 Å². The van der Waals surface area contributed by atoms with Gasteiger partial charge in [0.1, 0.15) is 0 Å². The summed E-state index contributed by atoms with van der Waals surface area (Å²) in [6.45, 7) is 5.38. The molecule has 0 aromatic carbocycles. The van der Waals surface area contributed by atoms with Crippen molar-refractivity contribution in [1.29, 1.82) is 5.26 Å². The summed E-state index contributed by atoms with van der Waals surface area (Å²) in [5.74, 6) is 0. The van der Waals surface area contributed by atoms with Gasteiger partial charge in [0, 0.05) is 6.54 Å². The van der Waals surface area contributed by atoms with Gasteiger partial charge in [-0.25, -0.2) is 0 Å². The Hall–Kier alpha value is -0.550. The van der Waals surface area contributed by atoms with Crippen LogP contribution in [-0.2, 0) is 0 Å². The van der Waals surface area contributed by atoms with E-state index in [1.165, 1.54) is 32.1 Å². The third-order valence-corrected chi connectivity index (χ3v) is 3.70. The molecule has 0 bridgehead atoms. The summed E-state index contributed by atoms with van der Waals surface area (Å²) in [6.07, 6.45) is 7.60. The second-order valence-electron chi connectivity index (χ2n) is 4.53. The minimum absolute atomic E-state index is 0.0547. The van der Waals surface area contributed by atoms with Gasteiger partial charge >= 0.3 is 0 Å². The number of nitrogens with one attached hydrogen (secondary N) is 1. The number of hydrogen-bond donors (Lipinski definition) is 1. The first-order chi connectivity index (χ1) is 6.76. The molecule has 14 heavy (non-hydrogen) atoms. The van der Waals surface area contributed by atoms with Gasteiger partial charge in [-0.15, -0.1) is 0 Å². The Bertz CT molecular complexity index is 199. The van der Waals surface area contributed by atoms with Crippen LogP contribution in [0.3, 0.4) is 0 Å². The number of hydrogen-bond acceptors (Lipinski definition) is 2. The number of nitrogens with zero attached hydrogens (tertiary/aromatic N) is 1. The van der Waals surface area contributed by atoms with Gasteiger partial charge in [0.15, 0.2) is 0 Å². The molecule has 1 N–H and O–H groups in total. The first kappa shape index (κ1) is 11.5. The Morgan fingerprint density at radius 3 is 2.43 bits per heavy atom. The molecule has 2 heteroatoms. The van der Waals surface area contributed by atoms with Crippen LogP contribution in [-0.4, -0.2) is 12.6 Å².